The Morgan fingerprint density at radius 3 is 1.11 bits per heavy atom. The SMILES string of the molecule is c1ccc(-n2c3ccccc3c3cc(-c4ccc5c6ccccc6c6ccc(-c7ccc8c(c7)-c7ccccc7-c7ccccc7-c7ccccc7-8)cc6c5c4)ccc32)cc1. The van der Waals surface area contributed by atoms with Gasteiger partial charge in [-0.15, -0.1) is 0 Å². The van der Waals surface area contributed by atoms with E-state index >= 15 is 0 Å². The van der Waals surface area contributed by atoms with Gasteiger partial charge in [0.1, 0.15) is 0 Å². The standard InChI is InChI=1S/C60H37N/c1-2-14-42(15-3-1)61-59-25-13-12-24-54(59)58-37-41(29-33-60(58)61)40-28-32-53-49-22-9-8-21-48(49)52-31-27-39(35-56(52)57(53)36-40)38-26-30-51-47-20-7-6-18-45(47)43-16-4-5-17-44(43)46-19-10-11-23-50(46)55(51)34-38/h1-37H. The number of benzene rings is 11. The van der Waals surface area contributed by atoms with Crippen LogP contribution in [0.5, 0.6) is 0 Å². The maximum atomic E-state index is 2.43. The first kappa shape index (κ1) is 33.9. The largest absolute Gasteiger partial charge is 0.309 e. The van der Waals surface area contributed by atoms with E-state index in [0.29, 0.717) is 0 Å². The van der Waals surface area contributed by atoms with Crippen molar-refractivity contribution in [2.75, 3.05) is 0 Å². The Kier molecular flexibility index (Phi) is 7.37. The third-order valence-electron chi connectivity index (χ3n) is 13.2. The quantitative estimate of drug-likeness (QED) is 0.158. The lowest BCUT2D eigenvalue weighted by atomic mass is 9.80. The summed E-state index contributed by atoms with van der Waals surface area (Å²) in [7, 11) is 0. The molecule has 12 aromatic rings. The monoisotopic (exact) mass is 771 g/mol. The minimum atomic E-state index is 1.17. The molecule has 0 radical (unpaired) electrons. The maximum Gasteiger partial charge on any atom is 0.0541 e. The van der Waals surface area contributed by atoms with Gasteiger partial charge in [0.15, 0.2) is 0 Å². The molecule has 0 atom stereocenters. The van der Waals surface area contributed by atoms with Crippen molar-refractivity contribution < 1.29 is 0 Å². The summed E-state index contributed by atoms with van der Waals surface area (Å²) >= 11 is 0. The Hall–Kier alpha value is -8.00. The second-order valence-corrected chi connectivity index (χ2v) is 16.4. The lowest BCUT2D eigenvalue weighted by molar-refractivity contribution is 1.18. The van der Waals surface area contributed by atoms with Crippen LogP contribution in [0, 0.1) is 0 Å². The molecule has 1 heteroatoms. The first-order valence-corrected chi connectivity index (χ1v) is 21.2. The number of fused-ring (bicyclic) bond motifs is 17. The Morgan fingerprint density at radius 1 is 0.197 bits per heavy atom. The Balaban J connectivity index is 1.01. The first-order chi connectivity index (χ1) is 30.3. The van der Waals surface area contributed by atoms with Crippen molar-refractivity contribution in [3.8, 4) is 72.4 Å². The smallest absolute Gasteiger partial charge is 0.0541 e. The van der Waals surface area contributed by atoms with Gasteiger partial charge in [-0.3, -0.25) is 0 Å². The summed E-state index contributed by atoms with van der Waals surface area (Å²) in [6, 6.07) is 83.3. The average Bonchev–Trinajstić information content (AvgIpc) is 3.67. The zero-order chi connectivity index (χ0) is 40.0. The van der Waals surface area contributed by atoms with Gasteiger partial charge in [-0.2, -0.15) is 0 Å². The molecule has 1 aromatic heterocycles. The van der Waals surface area contributed by atoms with Gasteiger partial charge in [0, 0.05) is 16.5 Å². The number of nitrogens with zero attached hydrogens (tertiary/aromatic N) is 1. The van der Waals surface area contributed by atoms with Gasteiger partial charge in [0.2, 0.25) is 0 Å². The van der Waals surface area contributed by atoms with E-state index in [0.717, 1.165) is 0 Å². The summed E-state index contributed by atoms with van der Waals surface area (Å²) < 4.78 is 2.39. The van der Waals surface area contributed by atoms with Crippen LogP contribution < -0.4 is 0 Å². The van der Waals surface area contributed by atoms with Crippen LogP contribution in [0.15, 0.2) is 224 Å². The summed E-state index contributed by atoms with van der Waals surface area (Å²) in [5.74, 6) is 0. The number of hydrogen-bond acceptors (Lipinski definition) is 0. The number of aromatic nitrogens is 1. The molecular weight excluding hydrogens is 735 g/mol. The van der Waals surface area contributed by atoms with Gasteiger partial charge < -0.3 is 4.57 Å². The van der Waals surface area contributed by atoms with Crippen molar-refractivity contribution in [2.45, 2.75) is 0 Å². The fourth-order valence-corrected chi connectivity index (χ4v) is 10.4. The van der Waals surface area contributed by atoms with E-state index in [1.54, 1.807) is 0 Å². The fraction of sp³-hybridized carbons (Fsp3) is 0. The summed E-state index contributed by atoms with van der Waals surface area (Å²) in [5.41, 5.74) is 18.5. The van der Waals surface area contributed by atoms with Crippen LogP contribution in [-0.4, -0.2) is 4.57 Å². The highest BCUT2D eigenvalue weighted by Gasteiger charge is 2.22. The molecule has 282 valence electrons. The van der Waals surface area contributed by atoms with Gasteiger partial charge in [0.25, 0.3) is 0 Å². The molecule has 1 aliphatic rings. The van der Waals surface area contributed by atoms with E-state index in [2.05, 4.69) is 229 Å². The van der Waals surface area contributed by atoms with E-state index in [1.807, 2.05) is 0 Å². The predicted molar refractivity (Wildman–Crippen MR) is 259 cm³/mol. The van der Waals surface area contributed by atoms with Crippen molar-refractivity contribution in [2.24, 2.45) is 0 Å². The molecule has 0 amide bonds. The van der Waals surface area contributed by atoms with Crippen molar-refractivity contribution >= 4 is 54.1 Å². The summed E-state index contributed by atoms with van der Waals surface area (Å²) in [4.78, 5) is 0. The molecule has 11 aromatic carbocycles. The predicted octanol–water partition coefficient (Wildman–Crippen LogP) is 16.6. The van der Waals surface area contributed by atoms with Crippen molar-refractivity contribution in [1.29, 1.82) is 0 Å². The van der Waals surface area contributed by atoms with Crippen LogP contribution in [0.3, 0.4) is 0 Å². The van der Waals surface area contributed by atoms with Crippen LogP contribution >= 0.6 is 0 Å². The van der Waals surface area contributed by atoms with Gasteiger partial charge >= 0.3 is 0 Å². The third kappa shape index (κ3) is 5.14. The summed E-state index contributed by atoms with van der Waals surface area (Å²) in [6.07, 6.45) is 0. The van der Waals surface area contributed by atoms with Gasteiger partial charge in [-0.05, 0) is 148 Å². The normalized spacial score (nSPS) is 11.9. The molecule has 0 spiro atoms. The van der Waals surface area contributed by atoms with Crippen molar-refractivity contribution in [1.82, 2.24) is 4.57 Å². The molecule has 0 aliphatic heterocycles. The molecule has 1 aliphatic carbocycles. The van der Waals surface area contributed by atoms with Gasteiger partial charge in [-0.25, -0.2) is 0 Å². The maximum absolute atomic E-state index is 2.43. The Bertz CT molecular complexity index is 3750. The number of rotatable bonds is 3. The molecule has 13 rings (SSSR count). The zero-order valence-corrected chi connectivity index (χ0v) is 33.3. The highest BCUT2D eigenvalue weighted by Crippen LogP contribution is 2.49. The molecule has 0 fully saturated rings. The van der Waals surface area contributed by atoms with E-state index < -0.39 is 0 Å². The van der Waals surface area contributed by atoms with Crippen LogP contribution in [0.2, 0.25) is 0 Å². The molecule has 0 saturated carbocycles. The van der Waals surface area contributed by atoms with E-state index in [1.165, 1.54) is 127 Å². The second kappa shape index (κ2) is 13.3. The highest BCUT2D eigenvalue weighted by atomic mass is 15.0. The van der Waals surface area contributed by atoms with Crippen LogP contribution in [0.4, 0.5) is 0 Å². The molecule has 1 nitrogen and oxygen atoms in total. The molecule has 1 heterocycles. The molecule has 0 saturated heterocycles. The third-order valence-corrected chi connectivity index (χ3v) is 13.2. The van der Waals surface area contributed by atoms with E-state index in [-0.39, 0.29) is 0 Å². The molecular formula is C60H37N. The zero-order valence-electron chi connectivity index (χ0n) is 33.3. The summed E-state index contributed by atoms with van der Waals surface area (Å²) in [6.45, 7) is 0. The minimum absolute atomic E-state index is 1.17. The van der Waals surface area contributed by atoms with E-state index in [9.17, 15) is 0 Å². The lowest BCUT2D eigenvalue weighted by Crippen LogP contribution is -1.97. The summed E-state index contributed by atoms with van der Waals surface area (Å²) in [5, 5.41) is 10.2. The topological polar surface area (TPSA) is 4.93 Å². The van der Waals surface area contributed by atoms with Gasteiger partial charge in [-0.1, -0.05) is 176 Å². The van der Waals surface area contributed by atoms with Crippen LogP contribution in [-0.2, 0) is 0 Å². The number of para-hydroxylation sites is 2. The molecule has 0 unspecified atom stereocenters. The van der Waals surface area contributed by atoms with Crippen LogP contribution in [0.25, 0.3) is 127 Å². The van der Waals surface area contributed by atoms with Crippen molar-refractivity contribution in [3.05, 3.63) is 224 Å². The molecule has 61 heavy (non-hydrogen) atoms. The van der Waals surface area contributed by atoms with Crippen molar-refractivity contribution in [3.63, 3.8) is 0 Å². The minimum Gasteiger partial charge on any atom is -0.309 e. The van der Waals surface area contributed by atoms with Gasteiger partial charge in [0.05, 0.1) is 11.0 Å². The van der Waals surface area contributed by atoms with Crippen LogP contribution in [0.1, 0.15) is 0 Å². The highest BCUT2D eigenvalue weighted by molar-refractivity contribution is 6.26. The Morgan fingerprint density at radius 2 is 0.557 bits per heavy atom. The first-order valence-electron chi connectivity index (χ1n) is 21.2. The molecule has 0 N–H and O–H groups in total. The fourth-order valence-electron chi connectivity index (χ4n) is 10.4. The molecule has 0 bridgehead atoms. The second-order valence-electron chi connectivity index (χ2n) is 16.4. The van der Waals surface area contributed by atoms with E-state index in [4.69, 9.17) is 0 Å². The Labute approximate surface area is 354 Å². The number of hydrogen-bond donors (Lipinski definition) is 0. The lowest BCUT2D eigenvalue weighted by Gasteiger charge is -2.23. The average molecular weight is 772 g/mol.